The average Bonchev–Trinajstić information content (AvgIpc) is 3.42. The Morgan fingerprint density at radius 1 is 0.592 bits per heavy atom. The minimum absolute atomic E-state index is 0.177. The fourth-order valence-electron chi connectivity index (χ4n) is 6.57. The monoisotopic (exact) mass is 826 g/mol. The molecular weight excluding hydrogens is 796 g/mol. The van der Waals surface area contributed by atoms with Crippen LogP contribution in [0.3, 0.4) is 0 Å². The van der Waals surface area contributed by atoms with Crippen molar-refractivity contribution in [1.82, 2.24) is 14.1 Å². The molecule has 0 saturated carbocycles. The van der Waals surface area contributed by atoms with Gasteiger partial charge in [-0.3, -0.25) is 0 Å². The third-order valence-corrected chi connectivity index (χ3v) is 11.0. The third-order valence-electron chi connectivity index (χ3n) is 8.78. The van der Waals surface area contributed by atoms with Crippen molar-refractivity contribution in [1.29, 1.82) is 0 Å². The second-order valence-corrected chi connectivity index (χ2v) is 13.9. The molecule has 6 heteroatoms. The number of aryl methyl sites for hydroxylation is 1. The van der Waals surface area contributed by atoms with Crippen LogP contribution in [0.5, 0.6) is 0 Å². The summed E-state index contributed by atoms with van der Waals surface area (Å²) >= 11 is 4.06. The average molecular weight is 827 g/mol. The van der Waals surface area contributed by atoms with E-state index in [2.05, 4.69) is 192 Å². The molecule has 8 rings (SSSR count). The fraction of sp³-hybridized carbons (Fsp3) is 0.0233. The summed E-state index contributed by atoms with van der Waals surface area (Å²) in [5.74, 6) is 0. The number of imidazole rings is 1. The van der Waals surface area contributed by atoms with E-state index in [9.17, 15) is 0 Å². The number of hydrogen-bond acceptors (Lipinski definition) is 2. The Kier molecular flexibility index (Phi) is 8.87. The number of hydrogen-bond donors (Lipinski definition) is 0. The summed E-state index contributed by atoms with van der Waals surface area (Å²) in [6.07, 6.45) is 1.84. The first kappa shape index (κ1) is 31.3. The maximum absolute atomic E-state index is 4.58. The van der Waals surface area contributed by atoms with Gasteiger partial charge in [-0.2, -0.15) is 0 Å². The maximum atomic E-state index is 4.58. The Morgan fingerprint density at radius 2 is 1.18 bits per heavy atom. The van der Waals surface area contributed by atoms with Gasteiger partial charge in [-0.15, -0.1) is 0 Å². The van der Waals surface area contributed by atoms with Crippen LogP contribution in [0.2, 0.25) is 0 Å². The van der Waals surface area contributed by atoms with Gasteiger partial charge in [-0.25, -0.2) is 0 Å². The number of aromatic nitrogens is 3. The first-order valence-corrected chi connectivity index (χ1v) is 18.1. The molecule has 0 N–H and O–H groups in total. The summed E-state index contributed by atoms with van der Waals surface area (Å²) in [5.41, 5.74) is 11.4. The summed E-state index contributed by atoms with van der Waals surface area (Å²) in [4.78, 5) is 5.61. The van der Waals surface area contributed by atoms with E-state index in [-0.39, 0.29) is 6.71 Å². The molecule has 0 aliphatic heterocycles. The van der Waals surface area contributed by atoms with Gasteiger partial charge >= 0.3 is 286 Å². The van der Waals surface area contributed by atoms with Gasteiger partial charge in [0.15, 0.2) is 0 Å². The van der Waals surface area contributed by atoms with Crippen LogP contribution in [0.15, 0.2) is 174 Å². The molecule has 6 aromatic carbocycles. The molecular formula is C43H30BN3PtS-2. The van der Waals surface area contributed by atoms with Crippen LogP contribution in [0.4, 0.5) is 0 Å². The molecule has 0 fully saturated rings. The van der Waals surface area contributed by atoms with E-state index in [1.807, 2.05) is 24.4 Å². The summed E-state index contributed by atoms with van der Waals surface area (Å²) < 4.78 is 5.65. The molecule has 0 unspecified atom stereocenters. The van der Waals surface area contributed by atoms with Gasteiger partial charge < -0.3 is 0 Å². The quantitative estimate of drug-likeness (QED) is 0.114. The van der Waals surface area contributed by atoms with Gasteiger partial charge in [0, 0.05) is 6.20 Å². The zero-order chi connectivity index (χ0) is 33.2. The van der Waals surface area contributed by atoms with Crippen LogP contribution >= 0.6 is 11.8 Å². The van der Waals surface area contributed by atoms with Crippen LogP contribution < -0.4 is 16.4 Å². The van der Waals surface area contributed by atoms with E-state index >= 15 is 0 Å². The standard InChI is InChI=1S/C43H30BN3S.Pt/c1-46-31-47(41-26-9-8-25-40(41)46)36-21-12-19-34(29-36)44(35-20-13-22-37(30-35)48-42-27-10-11-28-45-42)43-38(32-15-4-2-5-16-32)23-14-24-39(43)33-17-6-3-7-18-33;/h2-28H,1H3;/q-2;. The molecule has 238 valence electrons. The molecule has 0 aliphatic carbocycles. The van der Waals surface area contributed by atoms with E-state index < -0.39 is 0 Å². The molecule has 0 aliphatic rings. The molecule has 0 radical (unpaired) electrons. The van der Waals surface area contributed by atoms with E-state index in [1.165, 1.54) is 33.2 Å². The van der Waals surface area contributed by atoms with Crippen LogP contribution in [0.1, 0.15) is 0 Å². The number of benzene rings is 6. The van der Waals surface area contributed by atoms with Gasteiger partial charge in [-0.05, 0) is 6.07 Å². The van der Waals surface area contributed by atoms with Gasteiger partial charge in [0.05, 0.1) is 0 Å². The van der Waals surface area contributed by atoms with Crippen molar-refractivity contribution in [2.24, 2.45) is 7.05 Å². The summed E-state index contributed by atoms with van der Waals surface area (Å²) in [6, 6.07) is 63.5. The Hall–Kier alpha value is -4.96. The molecule has 49 heavy (non-hydrogen) atoms. The molecule has 8 aromatic rings. The SMILES string of the molecule is Cn1[c](=[Pt])n(-c2[c-]c(B(c3[c-]c(Sc4ccccn4)ccc3)c3c(-c4ccccc4)cccc3-c3ccccc3)ccc2)c2ccccc21. The van der Waals surface area contributed by atoms with Gasteiger partial charge in [0.25, 0.3) is 0 Å². The normalized spacial score (nSPS) is 11.2. The molecule has 0 amide bonds. The first-order valence-electron chi connectivity index (χ1n) is 16.1. The van der Waals surface area contributed by atoms with Crippen LogP contribution in [0, 0.1) is 15.9 Å². The summed E-state index contributed by atoms with van der Waals surface area (Å²) in [6.45, 7) is -0.177. The Labute approximate surface area is 302 Å². The molecule has 0 bridgehead atoms. The van der Waals surface area contributed by atoms with Crippen LogP contribution in [0.25, 0.3) is 39.0 Å². The van der Waals surface area contributed by atoms with Crippen LogP contribution in [-0.4, -0.2) is 20.8 Å². The van der Waals surface area contributed by atoms with E-state index in [4.69, 9.17) is 0 Å². The predicted octanol–water partition coefficient (Wildman–Crippen LogP) is 8.04. The summed E-state index contributed by atoms with van der Waals surface area (Å²) in [5, 5.41) is 0.942. The zero-order valence-corrected chi connectivity index (χ0v) is 29.8. The summed E-state index contributed by atoms with van der Waals surface area (Å²) in [7, 11) is 2.12. The Balaban J connectivity index is 1.40. The zero-order valence-electron chi connectivity index (χ0n) is 26.7. The van der Waals surface area contributed by atoms with Crippen molar-refractivity contribution < 1.29 is 19.4 Å². The topological polar surface area (TPSA) is 22.8 Å². The fourth-order valence-corrected chi connectivity index (χ4v) is 8.19. The van der Waals surface area contributed by atoms with Crippen molar-refractivity contribution in [2.45, 2.75) is 9.92 Å². The Morgan fingerprint density at radius 3 is 1.86 bits per heavy atom. The third kappa shape index (κ3) is 6.21. The van der Waals surface area contributed by atoms with Crippen molar-refractivity contribution in [3.05, 3.63) is 180 Å². The minimum atomic E-state index is -0.177. The molecule has 2 heterocycles. The van der Waals surface area contributed by atoms with Gasteiger partial charge in [0.2, 0.25) is 0 Å². The van der Waals surface area contributed by atoms with Gasteiger partial charge in [0.1, 0.15) is 0 Å². The predicted molar refractivity (Wildman–Crippen MR) is 200 cm³/mol. The molecule has 0 saturated heterocycles. The second kappa shape index (κ2) is 13.9. The molecule has 0 atom stereocenters. The first-order chi connectivity index (χ1) is 24.2. The Bertz CT molecular complexity index is 2400. The number of fused-ring (bicyclic) bond motifs is 1. The van der Waals surface area contributed by atoms with Gasteiger partial charge in [-0.1, -0.05) is 6.07 Å². The van der Waals surface area contributed by atoms with E-state index in [0.717, 1.165) is 35.9 Å². The number of para-hydroxylation sites is 2. The number of rotatable bonds is 8. The second-order valence-electron chi connectivity index (χ2n) is 11.8. The van der Waals surface area contributed by atoms with Crippen molar-refractivity contribution in [2.75, 3.05) is 0 Å². The molecule has 3 nitrogen and oxygen atoms in total. The molecule has 2 aromatic heterocycles. The number of pyridine rings is 1. The van der Waals surface area contributed by atoms with E-state index in [1.54, 1.807) is 11.8 Å². The number of nitrogens with zero attached hydrogens (tertiary/aromatic N) is 3. The van der Waals surface area contributed by atoms with Crippen LogP contribution in [-0.2, 0) is 26.4 Å². The van der Waals surface area contributed by atoms with Crippen molar-refractivity contribution in [3.63, 3.8) is 0 Å². The molecule has 0 spiro atoms. The van der Waals surface area contributed by atoms with Crippen molar-refractivity contribution >= 4 is 45.9 Å². The van der Waals surface area contributed by atoms with E-state index in [0.29, 0.717) is 0 Å². The van der Waals surface area contributed by atoms with Crippen molar-refractivity contribution in [3.8, 4) is 27.9 Å².